The topological polar surface area (TPSA) is 110 Å². The maximum Gasteiger partial charge on any atom is 0.251 e. The fourth-order valence-electron chi connectivity index (χ4n) is 3.26. The number of rotatable bonds is 8. The molecule has 0 fully saturated rings. The fourth-order valence-corrected chi connectivity index (χ4v) is 4.89. The standard InChI is InChI=1S/C24H24ClN3O4S/c1-16-21(25)7-4-8-22(16)33(31,32)28(2)15-18-5-3-6-20(13-18)24(30)27-14-17-9-11-19(12-10-17)23(26)29/h3-13H,14-15H2,1-2H3,(H2,26,29)(H,27,30). The van der Waals surface area contributed by atoms with Gasteiger partial charge >= 0.3 is 0 Å². The molecule has 0 radical (unpaired) electrons. The number of halogens is 1. The van der Waals surface area contributed by atoms with E-state index in [1.807, 2.05) is 0 Å². The SMILES string of the molecule is Cc1c(Cl)cccc1S(=O)(=O)N(C)Cc1cccc(C(=O)NCc2ccc(C(N)=O)cc2)c1. The second-order valence-corrected chi connectivity index (χ2v) is 9.99. The predicted molar refractivity (Wildman–Crippen MR) is 127 cm³/mol. The monoisotopic (exact) mass is 485 g/mol. The summed E-state index contributed by atoms with van der Waals surface area (Å²) in [6.45, 7) is 2.02. The minimum Gasteiger partial charge on any atom is -0.366 e. The van der Waals surface area contributed by atoms with E-state index in [-0.39, 0.29) is 23.9 Å². The van der Waals surface area contributed by atoms with Crippen LogP contribution in [-0.4, -0.2) is 31.6 Å². The number of amides is 2. The molecule has 7 nitrogen and oxygen atoms in total. The van der Waals surface area contributed by atoms with Crippen LogP contribution in [0.2, 0.25) is 5.02 Å². The zero-order valence-corrected chi connectivity index (χ0v) is 19.8. The van der Waals surface area contributed by atoms with Gasteiger partial charge in [-0.3, -0.25) is 9.59 Å². The van der Waals surface area contributed by atoms with Crippen LogP contribution in [0.1, 0.15) is 37.4 Å². The van der Waals surface area contributed by atoms with E-state index in [0.717, 1.165) is 5.56 Å². The average Bonchev–Trinajstić information content (AvgIpc) is 2.79. The Hall–Kier alpha value is -3.20. The van der Waals surface area contributed by atoms with E-state index in [4.69, 9.17) is 17.3 Å². The molecular formula is C24H24ClN3O4S. The molecule has 2 amide bonds. The summed E-state index contributed by atoms with van der Waals surface area (Å²) in [6, 6.07) is 18.2. The summed E-state index contributed by atoms with van der Waals surface area (Å²) in [5.74, 6) is -0.813. The number of nitrogens with one attached hydrogen (secondary N) is 1. The second-order valence-electron chi connectivity index (χ2n) is 7.57. The van der Waals surface area contributed by atoms with Crippen molar-refractivity contribution in [3.05, 3.63) is 99.6 Å². The summed E-state index contributed by atoms with van der Waals surface area (Å²) in [5.41, 5.74) is 8.00. The Morgan fingerprint density at radius 1 is 0.970 bits per heavy atom. The van der Waals surface area contributed by atoms with E-state index in [2.05, 4.69) is 5.32 Å². The molecular weight excluding hydrogens is 462 g/mol. The Bertz CT molecular complexity index is 1290. The van der Waals surface area contributed by atoms with Crippen LogP contribution in [0.4, 0.5) is 0 Å². The maximum absolute atomic E-state index is 13.0. The summed E-state index contributed by atoms with van der Waals surface area (Å²) in [6.07, 6.45) is 0. The summed E-state index contributed by atoms with van der Waals surface area (Å²) in [4.78, 5) is 23.9. The van der Waals surface area contributed by atoms with E-state index < -0.39 is 15.9 Å². The van der Waals surface area contributed by atoms with Gasteiger partial charge in [0.1, 0.15) is 0 Å². The number of carbonyl (C=O) groups excluding carboxylic acids is 2. The highest BCUT2D eigenvalue weighted by Crippen LogP contribution is 2.26. The molecule has 0 heterocycles. The molecule has 0 bridgehead atoms. The van der Waals surface area contributed by atoms with Crippen molar-refractivity contribution in [2.45, 2.75) is 24.9 Å². The van der Waals surface area contributed by atoms with Crippen LogP contribution >= 0.6 is 11.6 Å². The fraction of sp³-hybridized carbons (Fsp3) is 0.167. The van der Waals surface area contributed by atoms with Crippen LogP contribution in [0.3, 0.4) is 0 Å². The summed E-state index contributed by atoms with van der Waals surface area (Å²) in [7, 11) is -2.28. The lowest BCUT2D eigenvalue weighted by Gasteiger charge is -2.19. The largest absolute Gasteiger partial charge is 0.366 e. The Kier molecular flexibility index (Phi) is 7.53. The van der Waals surface area contributed by atoms with Crippen molar-refractivity contribution in [3.63, 3.8) is 0 Å². The molecule has 0 saturated heterocycles. The lowest BCUT2D eigenvalue weighted by Crippen LogP contribution is -2.27. The molecule has 9 heteroatoms. The van der Waals surface area contributed by atoms with Crippen molar-refractivity contribution in [1.29, 1.82) is 0 Å². The molecule has 3 aromatic rings. The Morgan fingerprint density at radius 2 is 1.64 bits per heavy atom. The van der Waals surface area contributed by atoms with Crippen molar-refractivity contribution in [2.24, 2.45) is 5.73 Å². The van der Waals surface area contributed by atoms with Crippen LogP contribution in [0.15, 0.2) is 71.6 Å². The molecule has 33 heavy (non-hydrogen) atoms. The molecule has 0 aromatic heterocycles. The Morgan fingerprint density at radius 3 is 2.30 bits per heavy atom. The highest BCUT2D eigenvalue weighted by molar-refractivity contribution is 7.89. The van der Waals surface area contributed by atoms with E-state index in [0.29, 0.717) is 27.3 Å². The molecule has 172 valence electrons. The van der Waals surface area contributed by atoms with Gasteiger partial charge in [-0.25, -0.2) is 8.42 Å². The second kappa shape index (κ2) is 10.2. The molecule has 0 unspecified atom stereocenters. The van der Waals surface area contributed by atoms with Crippen molar-refractivity contribution in [1.82, 2.24) is 9.62 Å². The summed E-state index contributed by atoms with van der Waals surface area (Å²) >= 11 is 6.09. The van der Waals surface area contributed by atoms with Crippen molar-refractivity contribution >= 4 is 33.4 Å². The van der Waals surface area contributed by atoms with Crippen molar-refractivity contribution in [3.8, 4) is 0 Å². The molecule has 0 atom stereocenters. The first-order valence-corrected chi connectivity index (χ1v) is 11.9. The van der Waals surface area contributed by atoms with E-state index >= 15 is 0 Å². The molecule has 3 aromatic carbocycles. The first-order chi connectivity index (χ1) is 15.6. The number of hydrogen-bond donors (Lipinski definition) is 2. The molecule has 0 aliphatic carbocycles. The van der Waals surface area contributed by atoms with Gasteiger partial charge in [-0.05, 0) is 60.0 Å². The quantitative estimate of drug-likeness (QED) is 0.508. The molecule has 0 aliphatic rings. The Balaban J connectivity index is 1.69. The minimum atomic E-state index is -3.76. The molecule has 0 spiro atoms. The number of benzene rings is 3. The highest BCUT2D eigenvalue weighted by Gasteiger charge is 2.24. The van der Waals surface area contributed by atoms with Gasteiger partial charge in [0, 0.05) is 36.3 Å². The third-order valence-electron chi connectivity index (χ3n) is 5.19. The van der Waals surface area contributed by atoms with Crippen LogP contribution in [0.5, 0.6) is 0 Å². The smallest absolute Gasteiger partial charge is 0.251 e. The van der Waals surface area contributed by atoms with Crippen LogP contribution in [-0.2, 0) is 23.1 Å². The van der Waals surface area contributed by atoms with E-state index in [9.17, 15) is 18.0 Å². The Labute approximate surface area is 198 Å². The van der Waals surface area contributed by atoms with Crippen LogP contribution in [0, 0.1) is 6.92 Å². The van der Waals surface area contributed by atoms with Gasteiger partial charge < -0.3 is 11.1 Å². The molecule has 0 aliphatic heterocycles. The van der Waals surface area contributed by atoms with Gasteiger partial charge in [0.25, 0.3) is 5.91 Å². The first kappa shape index (κ1) is 24.4. The van der Waals surface area contributed by atoms with Gasteiger partial charge in [0.05, 0.1) is 4.90 Å². The maximum atomic E-state index is 13.0. The summed E-state index contributed by atoms with van der Waals surface area (Å²) < 4.78 is 27.3. The molecule has 3 N–H and O–H groups in total. The van der Waals surface area contributed by atoms with Gasteiger partial charge in [-0.2, -0.15) is 4.31 Å². The van der Waals surface area contributed by atoms with Crippen LogP contribution < -0.4 is 11.1 Å². The van der Waals surface area contributed by atoms with Gasteiger partial charge in [-0.15, -0.1) is 0 Å². The van der Waals surface area contributed by atoms with Crippen molar-refractivity contribution < 1.29 is 18.0 Å². The average molecular weight is 486 g/mol. The zero-order chi connectivity index (χ0) is 24.2. The van der Waals surface area contributed by atoms with Gasteiger partial charge in [0.2, 0.25) is 15.9 Å². The highest BCUT2D eigenvalue weighted by atomic mass is 35.5. The number of sulfonamides is 1. The van der Waals surface area contributed by atoms with Crippen molar-refractivity contribution in [2.75, 3.05) is 7.05 Å². The van der Waals surface area contributed by atoms with E-state index in [1.54, 1.807) is 67.6 Å². The number of hydrogen-bond acceptors (Lipinski definition) is 4. The number of nitrogens with zero attached hydrogens (tertiary/aromatic N) is 1. The van der Waals surface area contributed by atoms with Gasteiger partial charge in [-0.1, -0.05) is 41.9 Å². The lowest BCUT2D eigenvalue weighted by atomic mass is 10.1. The minimum absolute atomic E-state index is 0.0873. The lowest BCUT2D eigenvalue weighted by molar-refractivity contribution is 0.0949. The van der Waals surface area contributed by atoms with E-state index in [1.165, 1.54) is 17.4 Å². The number of primary amides is 1. The molecule has 0 saturated carbocycles. The third-order valence-corrected chi connectivity index (χ3v) is 7.55. The number of nitrogens with two attached hydrogens (primary N) is 1. The zero-order valence-electron chi connectivity index (χ0n) is 18.2. The predicted octanol–water partition coefficient (Wildman–Crippen LogP) is 3.50. The van der Waals surface area contributed by atoms with Gasteiger partial charge in [0.15, 0.2) is 0 Å². The van der Waals surface area contributed by atoms with Crippen LogP contribution in [0.25, 0.3) is 0 Å². The first-order valence-electron chi connectivity index (χ1n) is 10.1. The summed E-state index contributed by atoms with van der Waals surface area (Å²) in [5, 5.41) is 3.19. The number of carbonyl (C=O) groups is 2. The normalized spacial score (nSPS) is 11.4. The molecule has 3 rings (SSSR count). The third kappa shape index (κ3) is 5.78.